The van der Waals surface area contributed by atoms with Gasteiger partial charge in [-0.15, -0.1) is 11.3 Å². The van der Waals surface area contributed by atoms with E-state index in [1.807, 2.05) is 41.8 Å². The van der Waals surface area contributed by atoms with Crippen LogP contribution in [0.5, 0.6) is 0 Å². The van der Waals surface area contributed by atoms with Crippen molar-refractivity contribution in [2.24, 2.45) is 0 Å². The van der Waals surface area contributed by atoms with Crippen molar-refractivity contribution in [2.45, 2.75) is 4.90 Å². The predicted octanol–water partition coefficient (Wildman–Crippen LogP) is 5.42. The number of sulfonamides is 1. The first-order valence-corrected chi connectivity index (χ1v) is 10.5. The minimum Gasteiger partial charge on any atom is -0.255 e. The standard InChI is InChI=1S/C19H13ClN2O2S2/c20-16-8-5-14(6-9-16)18-12-25-19(21-18)22-26(23,24)17-10-7-13-3-1-2-4-15(13)11-17/h1-12H,(H,21,22). The topological polar surface area (TPSA) is 59.1 Å². The molecule has 26 heavy (non-hydrogen) atoms. The van der Waals surface area contributed by atoms with Crippen LogP contribution in [0.4, 0.5) is 5.13 Å². The molecule has 0 amide bonds. The highest BCUT2D eigenvalue weighted by atomic mass is 35.5. The van der Waals surface area contributed by atoms with Gasteiger partial charge in [-0.05, 0) is 35.0 Å². The van der Waals surface area contributed by atoms with E-state index in [-0.39, 0.29) is 4.90 Å². The van der Waals surface area contributed by atoms with Gasteiger partial charge in [0.15, 0.2) is 5.13 Å². The van der Waals surface area contributed by atoms with E-state index in [0.717, 1.165) is 16.3 Å². The van der Waals surface area contributed by atoms with Crippen LogP contribution in [-0.4, -0.2) is 13.4 Å². The van der Waals surface area contributed by atoms with E-state index in [1.54, 1.807) is 30.3 Å². The third-order valence-electron chi connectivity index (χ3n) is 3.90. The molecule has 0 aliphatic carbocycles. The van der Waals surface area contributed by atoms with E-state index in [0.29, 0.717) is 15.8 Å². The van der Waals surface area contributed by atoms with Crippen LogP contribution in [0.15, 0.2) is 77.0 Å². The van der Waals surface area contributed by atoms with E-state index in [1.165, 1.54) is 11.3 Å². The van der Waals surface area contributed by atoms with Gasteiger partial charge in [0.1, 0.15) is 0 Å². The average Bonchev–Trinajstić information content (AvgIpc) is 3.09. The van der Waals surface area contributed by atoms with Gasteiger partial charge in [-0.3, -0.25) is 4.72 Å². The molecule has 1 N–H and O–H groups in total. The molecule has 0 radical (unpaired) electrons. The second kappa shape index (κ2) is 6.72. The van der Waals surface area contributed by atoms with Gasteiger partial charge in [-0.25, -0.2) is 13.4 Å². The summed E-state index contributed by atoms with van der Waals surface area (Å²) in [6, 6.07) is 19.9. The number of nitrogens with zero attached hydrogens (tertiary/aromatic N) is 1. The van der Waals surface area contributed by atoms with E-state index >= 15 is 0 Å². The highest BCUT2D eigenvalue weighted by Crippen LogP contribution is 2.28. The summed E-state index contributed by atoms with van der Waals surface area (Å²) < 4.78 is 27.9. The Kier molecular flexibility index (Phi) is 4.40. The van der Waals surface area contributed by atoms with Gasteiger partial charge in [0.2, 0.25) is 0 Å². The molecule has 4 rings (SSSR count). The van der Waals surface area contributed by atoms with Crippen LogP contribution in [-0.2, 0) is 10.0 Å². The molecule has 0 bridgehead atoms. The van der Waals surface area contributed by atoms with E-state index in [9.17, 15) is 8.42 Å². The number of thiazole rings is 1. The number of halogens is 1. The van der Waals surface area contributed by atoms with Crippen molar-refractivity contribution in [1.82, 2.24) is 4.98 Å². The number of hydrogen-bond acceptors (Lipinski definition) is 4. The van der Waals surface area contributed by atoms with Crippen LogP contribution >= 0.6 is 22.9 Å². The van der Waals surface area contributed by atoms with Crippen molar-refractivity contribution in [1.29, 1.82) is 0 Å². The molecule has 0 saturated heterocycles. The zero-order valence-electron chi connectivity index (χ0n) is 13.4. The smallest absolute Gasteiger partial charge is 0.255 e. The zero-order chi connectivity index (χ0) is 18.1. The fraction of sp³-hybridized carbons (Fsp3) is 0. The predicted molar refractivity (Wildman–Crippen MR) is 107 cm³/mol. The minimum absolute atomic E-state index is 0.208. The number of fused-ring (bicyclic) bond motifs is 1. The van der Waals surface area contributed by atoms with Crippen molar-refractivity contribution < 1.29 is 8.42 Å². The van der Waals surface area contributed by atoms with Crippen LogP contribution in [0.2, 0.25) is 5.02 Å². The highest BCUT2D eigenvalue weighted by molar-refractivity contribution is 7.93. The number of nitrogens with one attached hydrogen (secondary N) is 1. The van der Waals surface area contributed by atoms with Gasteiger partial charge in [-0.1, -0.05) is 54.1 Å². The minimum atomic E-state index is -3.70. The molecule has 0 saturated carbocycles. The summed E-state index contributed by atoms with van der Waals surface area (Å²) in [5.74, 6) is 0. The maximum atomic E-state index is 12.7. The lowest BCUT2D eigenvalue weighted by Gasteiger charge is -2.06. The first-order valence-electron chi connectivity index (χ1n) is 7.74. The van der Waals surface area contributed by atoms with E-state index in [2.05, 4.69) is 9.71 Å². The van der Waals surface area contributed by atoms with Crippen LogP contribution in [0.3, 0.4) is 0 Å². The van der Waals surface area contributed by atoms with Gasteiger partial charge < -0.3 is 0 Å². The Morgan fingerprint density at radius 1 is 0.923 bits per heavy atom. The van der Waals surface area contributed by atoms with Gasteiger partial charge in [0.05, 0.1) is 10.6 Å². The summed E-state index contributed by atoms with van der Waals surface area (Å²) in [6.07, 6.45) is 0. The number of aromatic nitrogens is 1. The lowest BCUT2D eigenvalue weighted by atomic mass is 10.1. The first-order chi connectivity index (χ1) is 12.5. The average molecular weight is 401 g/mol. The molecule has 1 aromatic heterocycles. The Hall–Kier alpha value is -2.41. The molecular formula is C19H13ClN2O2S2. The van der Waals surface area contributed by atoms with Gasteiger partial charge >= 0.3 is 0 Å². The van der Waals surface area contributed by atoms with E-state index in [4.69, 9.17) is 11.6 Å². The van der Waals surface area contributed by atoms with Gasteiger partial charge in [-0.2, -0.15) is 0 Å². The van der Waals surface area contributed by atoms with Crippen molar-refractivity contribution in [2.75, 3.05) is 4.72 Å². The first kappa shape index (κ1) is 17.0. The lowest BCUT2D eigenvalue weighted by Crippen LogP contribution is -2.12. The van der Waals surface area contributed by atoms with Gasteiger partial charge in [0.25, 0.3) is 10.0 Å². The Balaban J connectivity index is 1.62. The van der Waals surface area contributed by atoms with Gasteiger partial charge in [0, 0.05) is 16.0 Å². The second-order valence-electron chi connectivity index (χ2n) is 5.66. The summed E-state index contributed by atoms with van der Waals surface area (Å²) in [6.45, 7) is 0. The number of benzene rings is 3. The summed E-state index contributed by atoms with van der Waals surface area (Å²) >= 11 is 7.13. The second-order valence-corrected chi connectivity index (χ2v) is 8.64. The molecule has 3 aromatic carbocycles. The van der Waals surface area contributed by atoms with Crippen LogP contribution in [0.25, 0.3) is 22.0 Å². The van der Waals surface area contributed by atoms with Crippen molar-refractivity contribution >= 4 is 48.9 Å². The Bertz CT molecular complexity index is 1190. The number of anilines is 1. The quantitative estimate of drug-likeness (QED) is 0.497. The lowest BCUT2D eigenvalue weighted by molar-refractivity contribution is 0.601. The maximum absolute atomic E-state index is 12.7. The Morgan fingerprint density at radius 2 is 1.65 bits per heavy atom. The monoisotopic (exact) mass is 400 g/mol. The molecule has 7 heteroatoms. The molecular weight excluding hydrogens is 388 g/mol. The molecule has 0 atom stereocenters. The molecule has 0 unspecified atom stereocenters. The summed E-state index contributed by atoms with van der Waals surface area (Å²) in [4.78, 5) is 4.58. The van der Waals surface area contributed by atoms with Crippen LogP contribution < -0.4 is 4.72 Å². The largest absolute Gasteiger partial charge is 0.263 e. The SMILES string of the molecule is O=S(=O)(Nc1nc(-c2ccc(Cl)cc2)cs1)c1ccc2ccccc2c1. The summed E-state index contributed by atoms with van der Waals surface area (Å²) in [5.41, 5.74) is 1.57. The summed E-state index contributed by atoms with van der Waals surface area (Å²) in [7, 11) is -3.70. The van der Waals surface area contributed by atoms with Crippen molar-refractivity contribution in [3.8, 4) is 11.3 Å². The van der Waals surface area contributed by atoms with Crippen molar-refractivity contribution in [3.63, 3.8) is 0 Å². The molecule has 1 heterocycles. The molecule has 4 aromatic rings. The Labute approximate surface area is 160 Å². The van der Waals surface area contributed by atoms with E-state index < -0.39 is 10.0 Å². The third-order valence-corrected chi connectivity index (χ3v) is 6.37. The van der Waals surface area contributed by atoms with Crippen molar-refractivity contribution in [3.05, 3.63) is 77.1 Å². The highest BCUT2D eigenvalue weighted by Gasteiger charge is 2.17. The maximum Gasteiger partial charge on any atom is 0.263 e. The normalized spacial score (nSPS) is 11.6. The number of hydrogen-bond donors (Lipinski definition) is 1. The van der Waals surface area contributed by atoms with Crippen LogP contribution in [0, 0.1) is 0 Å². The number of rotatable bonds is 4. The Morgan fingerprint density at radius 3 is 2.42 bits per heavy atom. The molecule has 0 spiro atoms. The molecule has 0 aliphatic rings. The zero-order valence-corrected chi connectivity index (χ0v) is 15.8. The molecule has 130 valence electrons. The third kappa shape index (κ3) is 3.44. The summed E-state index contributed by atoms with van der Waals surface area (Å²) in [5, 5.41) is 4.63. The molecule has 0 aliphatic heterocycles. The van der Waals surface area contributed by atoms with Crippen LogP contribution in [0.1, 0.15) is 0 Å². The fourth-order valence-electron chi connectivity index (χ4n) is 2.58. The molecule has 0 fully saturated rings. The fourth-order valence-corrected chi connectivity index (χ4v) is 4.72. The molecule has 4 nitrogen and oxygen atoms in total.